The summed E-state index contributed by atoms with van der Waals surface area (Å²) < 4.78 is 10.6. The number of fused-ring (bicyclic) bond motifs is 3. The molecule has 1 aliphatic carbocycles. The van der Waals surface area contributed by atoms with E-state index in [9.17, 15) is 9.59 Å². The summed E-state index contributed by atoms with van der Waals surface area (Å²) in [7, 11) is 1.82. The molecule has 3 aliphatic rings. The van der Waals surface area contributed by atoms with Gasteiger partial charge < -0.3 is 14.4 Å². The van der Waals surface area contributed by atoms with E-state index in [1.54, 1.807) is 17.9 Å². The summed E-state index contributed by atoms with van der Waals surface area (Å²) in [5, 5.41) is 0. The second-order valence-electron chi connectivity index (χ2n) is 6.20. The van der Waals surface area contributed by atoms with Gasteiger partial charge in [-0.1, -0.05) is 24.3 Å². The average Bonchev–Trinajstić information content (AvgIpc) is 3.13. The lowest BCUT2D eigenvalue weighted by molar-refractivity contribution is -0.152. The maximum atomic E-state index is 12.5. The Balaban J connectivity index is 1.60. The number of benzene rings is 1. The van der Waals surface area contributed by atoms with E-state index >= 15 is 0 Å². The van der Waals surface area contributed by atoms with E-state index in [4.69, 9.17) is 9.47 Å². The van der Waals surface area contributed by atoms with Crippen molar-refractivity contribution in [3.63, 3.8) is 0 Å². The van der Waals surface area contributed by atoms with Gasteiger partial charge in [0.05, 0.1) is 17.9 Å². The number of hydrogen-bond acceptors (Lipinski definition) is 4. The molecular formula is C18H17NO4. The van der Waals surface area contributed by atoms with Gasteiger partial charge in [0, 0.05) is 24.6 Å². The highest BCUT2D eigenvalue weighted by molar-refractivity contribution is 5.97. The number of cyclic esters (lactones) is 1. The average molecular weight is 311 g/mol. The van der Waals surface area contributed by atoms with Gasteiger partial charge in [-0.05, 0) is 24.5 Å². The molecule has 1 amide bonds. The number of esters is 1. The largest absolute Gasteiger partial charge is 0.458 e. The Hall–Kier alpha value is -2.56. The molecule has 3 atom stereocenters. The van der Waals surface area contributed by atoms with Crippen LogP contribution in [0, 0.1) is 5.92 Å². The molecule has 0 bridgehead atoms. The molecule has 23 heavy (non-hydrogen) atoms. The molecule has 1 fully saturated rings. The maximum absolute atomic E-state index is 12.5. The molecule has 0 radical (unpaired) electrons. The first-order valence-electron chi connectivity index (χ1n) is 7.66. The molecule has 1 saturated heterocycles. The minimum absolute atomic E-state index is 0.0282. The summed E-state index contributed by atoms with van der Waals surface area (Å²) in [5.41, 5.74) is 3.65. The monoisotopic (exact) mass is 311 g/mol. The SMILES string of the molecule is CC1=CC(O/C=C2/C(=O)N(C)C3c4ccccc4CC23)OC1=O. The number of likely N-dealkylation sites (N-methyl/N-ethyl adjacent to an activating group) is 1. The Kier molecular flexibility index (Phi) is 3.04. The maximum Gasteiger partial charge on any atom is 0.336 e. The number of carbonyl (C=O) groups is 2. The van der Waals surface area contributed by atoms with Gasteiger partial charge >= 0.3 is 5.97 Å². The van der Waals surface area contributed by atoms with E-state index in [-0.39, 0.29) is 23.8 Å². The smallest absolute Gasteiger partial charge is 0.336 e. The third-order valence-corrected chi connectivity index (χ3v) is 4.84. The van der Waals surface area contributed by atoms with E-state index in [0.717, 1.165) is 6.42 Å². The summed E-state index contributed by atoms with van der Waals surface area (Å²) in [6.07, 6.45) is 3.17. The van der Waals surface area contributed by atoms with Crippen LogP contribution in [-0.2, 0) is 25.5 Å². The topological polar surface area (TPSA) is 55.8 Å². The van der Waals surface area contributed by atoms with E-state index < -0.39 is 6.29 Å². The number of rotatable bonds is 2. The van der Waals surface area contributed by atoms with Gasteiger partial charge in [-0.15, -0.1) is 0 Å². The number of ether oxygens (including phenoxy) is 2. The Morgan fingerprint density at radius 2 is 2.09 bits per heavy atom. The second-order valence-corrected chi connectivity index (χ2v) is 6.20. The number of likely N-dealkylation sites (tertiary alicyclic amines) is 1. The molecule has 2 aliphatic heterocycles. The first-order chi connectivity index (χ1) is 11.1. The second kappa shape index (κ2) is 4.98. The van der Waals surface area contributed by atoms with Gasteiger partial charge in [0.1, 0.15) is 0 Å². The minimum Gasteiger partial charge on any atom is -0.458 e. The normalized spacial score (nSPS) is 30.3. The van der Waals surface area contributed by atoms with Gasteiger partial charge in [0.15, 0.2) is 0 Å². The quantitative estimate of drug-likeness (QED) is 0.477. The van der Waals surface area contributed by atoms with Gasteiger partial charge in [0.2, 0.25) is 0 Å². The molecule has 4 rings (SSSR count). The number of nitrogens with zero attached hydrogens (tertiary/aromatic N) is 1. The summed E-state index contributed by atoms with van der Waals surface area (Å²) in [6, 6.07) is 8.28. The van der Waals surface area contributed by atoms with Crippen molar-refractivity contribution in [2.45, 2.75) is 25.7 Å². The van der Waals surface area contributed by atoms with Crippen LogP contribution in [0.5, 0.6) is 0 Å². The van der Waals surface area contributed by atoms with Crippen molar-refractivity contribution in [2.24, 2.45) is 5.92 Å². The van der Waals surface area contributed by atoms with Gasteiger partial charge in [-0.25, -0.2) is 4.79 Å². The van der Waals surface area contributed by atoms with Crippen molar-refractivity contribution in [1.82, 2.24) is 4.90 Å². The first-order valence-corrected chi connectivity index (χ1v) is 7.66. The van der Waals surface area contributed by atoms with Gasteiger partial charge in [0.25, 0.3) is 12.2 Å². The van der Waals surface area contributed by atoms with Crippen LogP contribution in [0.25, 0.3) is 0 Å². The minimum atomic E-state index is -0.740. The molecule has 0 N–H and O–H groups in total. The van der Waals surface area contributed by atoms with Crippen LogP contribution in [0.15, 0.2) is 47.7 Å². The third kappa shape index (κ3) is 2.07. The fourth-order valence-corrected chi connectivity index (χ4v) is 3.67. The highest BCUT2D eigenvalue weighted by Gasteiger charge is 2.47. The van der Waals surface area contributed by atoms with Crippen molar-refractivity contribution < 1.29 is 19.1 Å². The summed E-state index contributed by atoms with van der Waals surface area (Å²) in [4.78, 5) is 25.6. The van der Waals surface area contributed by atoms with Crippen LogP contribution in [0.3, 0.4) is 0 Å². The lowest BCUT2D eigenvalue weighted by Crippen LogP contribution is -2.23. The van der Waals surface area contributed by atoms with Crippen LogP contribution in [0.1, 0.15) is 24.1 Å². The highest BCUT2D eigenvalue weighted by atomic mass is 16.7. The van der Waals surface area contributed by atoms with E-state index in [1.807, 2.05) is 19.2 Å². The number of carbonyl (C=O) groups excluding carboxylic acids is 2. The molecule has 1 aromatic carbocycles. The summed E-state index contributed by atoms with van der Waals surface area (Å²) >= 11 is 0. The number of hydrogen-bond donors (Lipinski definition) is 0. The van der Waals surface area contributed by atoms with E-state index in [0.29, 0.717) is 11.1 Å². The molecular weight excluding hydrogens is 294 g/mol. The Bertz CT molecular complexity index is 764. The van der Waals surface area contributed by atoms with Crippen molar-refractivity contribution in [2.75, 3.05) is 7.05 Å². The van der Waals surface area contributed by atoms with Crippen molar-refractivity contribution >= 4 is 11.9 Å². The lowest BCUT2D eigenvalue weighted by atomic mass is 9.97. The van der Waals surface area contributed by atoms with E-state index in [2.05, 4.69) is 12.1 Å². The van der Waals surface area contributed by atoms with Crippen molar-refractivity contribution in [1.29, 1.82) is 0 Å². The molecule has 0 spiro atoms. The molecule has 2 heterocycles. The Morgan fingerprint density at radius 1 is 1.30 bits per heavy atom. The fraction of sp³-hybridized carbons (Fsp3) is 0.333. The molecule has 1 aromatic rings. The zero-order valence-electron chi connectivity index (χ0n) is 13.0. The summed E-state index contributed by atoms with van der Waals surface area (Å²) in [5.74, 6) is -0.318. The third-order valence-electron chi connectivity index (χ3n) is 4.84. The van der Waals surface area contributed by atoms with E-state index in [1.165, 1.54) is 17.4 Å². The van der Waals surface area contributed by atoms with Crippen molar-refractivity contribution in [3.8, 4) is 0 Å². The zero-order valence-corrected chi connectivity index (χ0v) is 13.0. The van der Waals surface area contributed by atoms with Gasteiger partial charge in [-0.3, -0.25) is 4.79 Å². The van der Waals surface area contributed by atoms with Crippen LogP contribution >= 0.6 is 0 Å². The Morgan fingerprint density at radius 3 is 2.83 bits per heavy atom. The molecule has 0 saturated carbocycles. The molecule has 3 unspecified atom stereocenters. The summed E-state index contributed by atoms with van der Waals surface area (Å²) in [6.45, 7) is 1.68. The predicted octanol–water partition coefficient (Wildman–Crippen LogP) is 2.10. The van der Waals surface area contributed by atoms with Crippen LogP contribution in [0.2, 0.25) is 0 Å². The number of amides is 1. The standard InChI is InChI=1S/C18H17NO4/c1-10-7-15(23-18(10)21)22-9-14-13-8-11-5-3-4-6-12(11)16(13)19(2)17(14)20/h3-7,9,13,15-16H,8H2,1-2H3/b14-9+. The predicted molar refractivity (Wildman–Crippen MR) is 82.0 cm³/mol. The van der Waals surface area contributed by atoms with Crippen LogP contribution in [0.4, 0.5) is 0 Å². The molecule has 118 valence electrons. The molecule has 0 aromatic heterocycles. The van der Waals surface area contributed by atoms with Gasteiger partial charge in [-0.2, -0.15) is 0 Å². The fourth-order valence-electron chi connectivity index (χ4n) is 3.67. The van der Waals surface area contributed by atoms with Crippen LogP contribution < -0.4 is 0 Å². The molecule has 5 nitrogen and oxygen atoms in total. The zero-order chi connectivity index (χ0) is 16.1. The van der Waals surface area contributed by atoms with Crippen molar-refractivity contribution in [3.05, 3.63) is 58.9 Å². The van der Waals surface area contributed by atoms with Crippen LogP contribution in [-0.4, -0.2) is 30.1 Å². The Labute approximate surface area is 134 Å². The molecule has 5 heteroatoms. The lowest BCUT2D eigenvalue weighted by Gasteiger charge is -2.19. The first kappa shape index (κ1) is 14.1. The highest BCUT2D eigenvalue weighted by Crippen LogP contribution is 2.48.